The van der Waals surface area contributed by atoms with Gasteiger partial charge < -0.3 is 15.1 Å². The molecule has 124 valence electrons. The first-order valence-electron chi connectivity index (χ1n) is 8.10. The van der Waals surface area contributed by atoms with E-state index in [9.17, 15) is 9.59 Å². The fourth-order valence-electron chi connectivity index (χ4n) is 2.84. The van der Waals surface area contributed by atoms with Crippen LogP contribution in [0.5, 0.6) is 0 Å². The van der Waals surface area contributed by atoms with Crippen LogP contribution in [0, 0.1) is 6.92 Å². The molecule has 1 saturated heterocycles. The number of nitrogens with one attached hydrogen (secondary N) is 1. The van der Waals surface area contributed by atoms with Crippen molar-refractivity contribution in [1.29, 1.82) is 0 Å². The predicted molar refractivity (Wildman–Crippen MR) is 95.0 cm³/mol. The molecular formula is C19H21N3O2. The minimum absolute atomic E-state index is 0.470. The average molecular weight is 323 g/mol. The van der Waals surface area contributed by atoms with Crippen LogP contribution in [0.4, 0.5) is 11.4 Å². The summed E-state index contributed by atoms with van der Waals surface area (Å²) in [5, 5.41) is 2.65. The number of nitrogens with zero attached hydrogens (tertiary/aromatic N) is 2. The number of para-hydroxylation sites is 1. The van der Waals surface area contributed by atoms with E-state index >= 15 is 0 Å². The molecule has 1 aliphatic heterocycles. The van der Waals surface area contributed by atoms with Gasteiger partial charge in [0.1, 0.15) is 0 Å². The molecule has 0 saturated carbocycles. The molecule has 0 bridgehead atoms. The molecule has 3 rings (SSSR count). The Morgan fingerprint density at radius 3 is 2.29 bits per heavy atom. The van der Waals surface area contributed by atoms with E-state index in [1.807, 2.05) is 24.3 Å². The fourth-order valence-corrected chi connectivity index (χ4v) is 2.84. The van der Waals surface area contributed by atoms with Crippen LogP contribution in [0.1, 0.15) is 5.56 Å². The van der Waals surface area contributed by atoms with Crippen LogP contribution in [-0.2, 0) is 9.59 Å². The Morgan fingerprint density at radius 1 is 0.917 bits per heavy atom. The molecule has 0 aliphatic carbocycles. The molecule has 2 amide bonds. The van der Waals surface area contributed by atoms with Gasteiger partial charge in [0.2, 0.25) is 0 Å². The molecule has 0 aromatic heterocycles. The first-order chi connectivity index (χ1) is 11.6. The molecule has 1 fully saturated rings. The van der Waals surface area contributed by atoms with E-state index < -0.39 is 11.8 Å². The molecule has 5 heteroatoms. The Labute approximate surface area is 141 Å². The van der Waals surface area contributed by atoms with Crippen LogP contribution in [0.3, 0.4) is 0 Å². The van der Waals surface area contributed by atoms with Crippen LogP contribution in [0.15, 0.2) is 54.6 Å². The van der Waals surface area contributed by atoms with Crippen LogP contribution in [0.25, 0.3) is 0 Å². The van der Waals surface area contributed by atoms with Gasteiger partial charge in [-0.2, -0.15) is 0 Å². The summed E-state index contributed by atoms with van der Waals surface area (Å²) in [7, 11) is 0. The summed E-state index contributed by atoms with van der Waals surface area (Å²) in [6.07, 6.45) is 0. The quantitative estimate of drug-likeness (QED) is 0.863. The van der Waals surface area contributed by atoms with Gasteiger partial charge in [-0.25, -0.2) is 0 Å². The molecule has 1 N–H and O–H groups in total. The number of carbonyl (C=O) groups excluding carboxylic acids is 2. The molecule has 5 nitrogen and oxygen atoms in total. The lowest BCUT2D eigenvalue weighted by atomic mass is 10.2. The molecule has 0 atom stereocenters. The smallest absolute Gasteiger partial charge is 0.313 e. The van der Waals surface area contributed by atoms with Crippen molar-refractivity contribution in [1.82, 2.24) is 4.90 Å². The molecule has 2 aromatic carbocycles. The molecule has 1 heterocycles. The lowest BCUT2D eigenvalue weighted by Crippen LogP contribution is -2.51. The van der Waals surface area contributed by atoms with Gasteiger partial charge in [0, 0.05) is 37.6 Å². The van der Waals surface area contributed by atoms with Crippen molar-refractivity contribution >= 4 is 23.2 Å². The lowest BCUT2D eigenvalue weighted by molar-refractivity contribution is -0.143. The maximum absolute atomic E-state index is 12.3. The zero-order chi connectivity index (χ0) is 16.9. The highest BCUT2D eigenvalue weighted by atomic mass is 16.2. The van der Waals surface area contributed by atoms with Gasteiger partial charge in [-0.1, -0.05) is 30.3 Å². The molecule has 0 spiro atoms. The molecule has 1 aliphatic rings. The number of amides is 2. The van der Waals surface area contributed by atoms with Gasteiger partial charge in [0.25, 0.3) is 0 Å². The van der Waals surface area contributed by atoms with Crippen LogP contribution in [-0.4, -0.2) is 42.9 Å². The van der Waals surface area contributed by atoms with Gasteiger partial charge in [0.05, 0.1) is 0 Å². The summed E-state index contributed by atoms with van der Waals surface area (Å²) < 4.78 is 0. The normalized spacial score (nSPS) is 14.4. The van der Waals surface area contributed by atoms with Gasteiger partial charge in [0.15, 0.2) is 0 Å². The van der Waals surface area contributed by atoms with Crippen molar-refractivity contribution in [3.05, 3.63) is 60.2 Å². The second-order valence-corrected chi connectivity index (χ2v) is 5.94. The zero-order valence-corrected chi connectivity index (χ0v) is 13.7. The summed E-state index contributed by atoms with van der Waals surface area (Å²) in [5.41, 5.74) is 3.01. The van der Waals surface area contributed by atoms with Gasteiger partial charge in [-0.3, -0.25) is 9.59 Å². The van der Waals surface area contributed by atoms with Crippen molar-refractivity contribution in [2.45, 2.75) is 6.92 Å². The van der Waals surface area contributed by atoms with Crippen LogP contribution in [0.2, 0.25) is 0 Å². The maximum Gasteiger partial charge on any atom is 0.313 e. The standard InChI is InChI=1S/C19H21N3O2/c1-15-6-5-9-17(14-15)21-10-12-22(13-11-21)19(24)18(23)20-16-7-3-2-4-8-16/h2-9,14H,10-13H2,1H3,(H,20,23). The number of hydrogen-bond acceptors (Lipinski definition) is 3. The van der Waals surface area contributed by atoms with Crippen LogP contribution >= 0.6 is 0 Å². The first kappa shape index (κ1) is 16.1. The largest absolute Gasteiger partial charge is 0.368 e. The summed E-state index contributed by atoms with van der Waals surface area (Å²) >= 11 is 0. The minimum atomic E-state index is -0.579. The summed E-state index contributed by atoms with van der Waals surface area (Å²) in [4.78, 5) is 28.2. The van der Waals surface area contributed by atoms with Gasteiger partial charge in [-0.05, 0) is 36.8 Å². The minimum Gasteiger partial charge on any atom is -0.368 e. The molecule has 2 aromatic rings. The third-order valence-corrected chi connectivity index (χ3v) is 4.16. The third-order valence-electron chi connectivity index (χ3n) is 4.16. The molecular weight excluding hydrogens is 302 g/mol. The number of piperazine rings is 1. The van der Waals surface area contributed by atoms with E-state index in [0.717, 1.165) is 18.8 Å². The Morgan fingerprint density at radius 2 is 1.62 bits per heavy atom. The number of carbonyl (C=O) groups is 2. The van der Waals surface area contributed by atoms with Gasteiger partial charge >= 0.3 is 11.8 Å². The fraction of sp³-hybridized carbons (Fsp3) is 0.263. The summed E-state index contributed by atoms with van der Waals surface area (Å²) in [6.45, 7) is 4.63. The summed E-state index contributed by atoms with van der Waals surface area (Å²) in [6, 6.07) is 17.4. The lowest BCUT2D eigenvalue weighted by Gasteiger charge is -2.35. The summed E-state index contributed by atoms with van der Waals surface area (Å²) in [5.74, 6) is -1.05. The second-order valence-electron chi connectivity index (χ2n) is 5.94. The second kappa shape index (κ2) is 7.17. The number of aryl methyl sites for hydroxylation is 1. The number of rotatable bonds is 2. The Kier molecular flexibility index (Phi) is 4.79. The highest BCUT2D eigenvalue weighted by molar-refractivity contribution is 6.39. The molecule has 24 heavy (non-hydrogen) atoms. The van der Waals surface area contributed by atoms with E-state index in [1.165, 1.54) is 5.56 Å². The average Bonchev–Trinajstić information content (AvgIpc) is 2.62. The van der Waals surface area contributed by atoms with E-state index in [4.69, 9.17) is 0 Å². The van der Waals surface area contributed by atoms with Crippen molar-refractivity contribution in [3.8, 4) is 0 Å². The van der Waals surface area contributed by atoms with Crippen LogP contribution < -0.4 is 10.2 Å². The Bertz CT molecular complexity index is 722. The first-order valence-corrected chi connectivity index (χ1v) is 8.10. The Balaban J connectivity index is 1.56. The molecule has 0 radical (unpaired) electrons. The molecule has 0 unspecified atom stereocenters. The maximum atomic E-state index is 12.3. The van der Waals surface area contributed by atoms with E-state index in [-0.39, 0.29) is 0 Å². The van der Waals surface area contributed by atoms with Gasteiger partial charge in [-0.15, -0.1) is 0 Å². The van der Waals surface area contributed by atoms with E-state index in [2.05, 4.69) is 35.3 Å². The highest BCUT2D eigenvalue weighted by Crippen LogP contribution is 2.18. The Hall–Kier alpha value is -2.82. The number of benzene rings is 2. The predicted octanol–water partition coefficient (Wildman–Crippen LogP) is 2.28. The van der Waals surface area contributed by atoms with Crippen molar-refractivity contribution in [2.75, 3.05) is 36.4 Å². The number of anilines is 2. The van der Waals surface area contributed by atoms with Crippen molar-refractivity contribution in [2.24, 2.45) is 0 Å². The van der Waals surface area contributed by atoms with Crippen molar-refractivity contribution < 1.29 is 9.59 Å². The van der Waals surface area contributed by atoms with E-state index in [1.54, 1.807) is 17.0 Å². The highest BCUT2D eigenvalue weighted by Gasteiger charge is 2.26. The zero-order valence-electron chi connectivity index (χ0n) is 13.7. The van der Waals surface area contributed by atoms with Crippen molar-refractivity contribution in [3.63, 3.8) is 0 Å². The van der Waals surface area contributed by atoms with E-state index in [0.29, 0.717) is 18.8 Å². The SMILES string of the molecule is Cc1cccc(N2CCN(C(=O)C(=O)Nc3ccccc3)CC2)c1. The third kappa shape index (κ3) is 3.74. The number of hydrogen-bond donors (Lipinski definition) is 1. The monoisotopic (exact) mass is 323 g/mol. The topological polar surface area (TPSA) is 52.7 Å².